The van der Waals surface area contributed by atoms with E-state index in [4.69, 9.17) is 11.5 Å². The van der Waals surface area contributed by atoms with Crippen LogP contribution in [0.3, 0.4) is 0 Å². The Labute approximate surface area is 194 Å². The highest BCUT2D eigenvalue weighted by atomic mass is 28.3. The van der Waals surface area contributed by atoms with E-state index in [-0.39, 0.29) is 0 Å². The zero-order valence-corrected chi connectivity index (χ0v) is 20.7. The molecule has 4 N–H and O–H groups in total. The lowest BCUT2D eigenvalue weighted by Gasteiger charge is -2.34. The molecule has 1 heterocycles. The number of rotatable bonds is 7. The Bertz CT molecular complexity index is 946. The maximum Gasteiger partial charge on any atom is 0.0859 e. The highest BCUT2D eigenvalue weighted by molar-refractivity contribution is 6.91. The van der Waals surface area contributed by atoms with Gasteiger partial charge in [0.05, 0.1) is 20.2 Å². The van der Waals surface area contributed by atoms with Gasteiger partial charge in [0.2, 0.25) is 0 Å². The van der Waals surface area contributed by atoms with Gasteiger partial charge in [-0.2, -0.15) is 0 Å². The first-order chi connectivity index (χ1) is 15.5. The zero-order chi connectivity index (χ0) is 22.7. The van der Waals surface area contributed by atoms with Crippen molar-refractivity contribution >= 4 is 30.3 Å². The Morgan fingerprint density at radius 1 is 0.656 bits per heavy atom. The number of hydrogen-bond donors (Lipinski definition) is 2. The Morgan fingerprint density at radius 2 is 1.06 bits per heavy atom. The molecule has 32 heavy (non-hydrogen) atoms. The monoisotopic (exact) mass is 443 g/mol. The molecule has 1 aliphatic heterocycles. The van der Waals surface area contributed by atoms with Crippen molar-refractivity contribution in [3.8, 4) is 0 Å². The second-order valence-corrected chi connectivity index (χ2v) is 14.5. The molecule has 168 valence electrons. The van der Waals surface area contributed by atoms with Crippen LogP contribution in [-0.2, 0) is 0 Å². The van der Waals surface area contributed by atoms with E-state index in [2.05, 4.69) is 74.2 Å². The Morgan fingerprint density at radius 3 is 1.44 bits per heavy atom. The molecule has 2 atom stereocenters. The zero-order valence-electron chi connectivity index (χ0n) is 19.7. The number of nitrogen functional groups attached to an aromatic ring is 2. The standard InChI is InChI=1S/C28H37N3Si/c1-4-32(5-2,6-3)26-17-15-25(16-18-26)31-27(21-7-11-23(29)12-8-21)19-20-28(31)22-9-13-24(30)14-10-22/h7-18,27-28H,4-6,19-20,29-30H2,1-3H3/t27-,28-/m0/s1. The van der Waals surface area contributed by atoms with Crippen molar-refractivity contribution in [2.75, 3.05) is 16.4 Å². The molecule has 3 nitrogen and oxygen atoms in total. The lowest BCUT2D eigenvalue weighted by Crippen LogP contribution is -2.45. The number of anilines is 3. The molecule has 0 amide bonds. The minimum absolute atomic E-state index is 0.342. The topological polar surface area (TPSA) is 55.3 Å². The number of hydrogen-bond acceptors (Lipinski definition) is 3. The van der Waals surface area contributed by atoms with Crippen LogP contribution in [0.25, 0.3) is 0 Å². The van der Waals surface area contributed by atoms with Crippen LogP contribution in [0.5, 0.6) is 0 Å². The summed E-state index contributed by atoms with van der Waals surface area (Å²) < 4.78 is 0. The van der Waals surface area contributed by atoms with E-state index < -0.39 is 8.07 Å². The fraction of sp³-hybridized carbons (Fsp3) is 0.357. The summed E-state index contributed by atoms with van der Waals surface area (Å²) in [4.78, 5) is 2.62. The van der Waals surface area contributed by atoms with Crippen LogP contribution in [0, 0.1) is 0 Å². The summed E-state index contributed by atoms with van der Waals surface area (Å²) in [5, 5.41) is 1.60. The summed E-state index contributed by atoms with van der Waals surface area (Å²) in [7, 11) is -1.38. The number of nitrogens with zero attached hydrogens (tertiary/aromatic N) is 1. The van der Waals surface area contributed by atoms with Crippen molar-refractivity contribution in [3.05, 3.63) is 83.9 Å². The van der Waals surface area contributed by atoms with Crippen molar-refractivity contribution in [2.45, 2.75) is 63.8 Å². The predicted molar refractivity (Wildman–Crippen MR) is 142 cm³/mol. The van der Waals surface area contributed by atoms with E-state index in [1.165, 1.54) is 34.9 Å². The molecule has 4 heteroatoms. The van der Waals surface area contributed by atoms with Gasteiger partial charge in [-0.25, -0.2) is 0 Å². The molecule has 0 saturated carbocycles. The minimum atomic E-state index is -1.38. The maximum absolute atomic E-state index is 5.98. The van der Waals surface area contributed by atoms with Gasteiger partial charge in [0.1, 0.15) is 0 Å². The van der Waals surface area contributed by atoms with Gasteiger partial charge in [0, 0.05) is 17.1 Å². The van der Waals surface area contributed by atoms with Gasteiger partial charge in [-0.1, -0.05) is 80.5 Å². The second kappa shape index (κ2) is 9.41. The van der Waals surface area contributed by atoms with Gasteiger partial charge < -0.3 is 16.4 Å². The van der Waals surface area contributed by atoms with E-state index >= 15 is 0 Å². The average Bonchev–Trinajstić information content (AvgIpc) is 3.27. The van der Waals surface area contributed by atoms with E-state index in [0.717, 1.165) is 24.2 Å². The fourth-order valence-corrected chi connectivity index (χ4v) is 9.21. The number of benzene rings is 3. The summed E-state index contributed by atoms with van der Waals surface area (Å²) in [6.07, 6.45) is 2.25. The van der Waals surface area contributed by atoms with Crippen LogP contribution < -0.4 is 21.6 Å². The predicted octanol–water partition coefficient (Wildman–Crippen LogP) is 6.65. The van der Waals surface area contributed by atoms with Gasteiger partial charge in [0.15, 0.2) is 0 Å². The second-order valence-electron chi connectivity index (χ2n) is 9.24. The van der Waals surface area contributed by atoms with Crippen LogP contribution in [0.2, 0.25) is 18.1 Å². The summed E-state index contributed by atoms with van der Waals surface area (Å²) in [6, 6.07) is 31.1. The highest BCUT2D eigenvalue weighted by Crippen LogP contribution is 2.47. The maximum atomic E-state index is 5.98. The van der Waals surface area contributed by atoms with Crippen molar-refractivity contribution in [3.63, 3.8) is 0 Å². The Hall–Kier alpha value is -2.72. The summed E-state index contributed by atoms with van der Waals surface area (Å²) in [5.74, 6) is 0. The third-order valence-electron chi connectivity index (χ3n) is 7.84. The third kappa shape index (κ3) is 4.16. The molecule has 3 aromatic carbocycles. The molecule has 1 fully saturated rings. The van der Waals surface area contributed by atoms with Crippen molar-refractivity contribution < 1.29 is 0 Å². The minimum Gasteiger partial charge on any atom is -0.399 e. The molecule has 0 bridgehead atoms. The van der Waals surface area contributed by atoms with Gasteiger partial charge in [-0.15, -0.1) is 0 Å². The third-order valence-corrected chi connectivity index (χ3v) is 13.5. The summed E-state index contributed by atoms with van der Waals surface area (Å²) in [5.41, 5.74) is 17.6. The van der Waals surface area contributed by atoms with Crippen LogP contribution in [0.1, 0.15) is 56.8 Å². The van der Waals surface area contributed by atoms with Gasteiger partial charge in [0.25, 0.3) is 0 Å². The van der Waals surface area contributed by atoms with Crippen LogP contribution in [0.4, 0.5) is 17.1 Å². The first-order valence-electron chi connectivity index (χ1n) is 12.1. The molecule has 0 aliphatic carbocycles. The molecule has 0 aromatic heterocycles. The molecule has 0 radical (unpaired) electrons. The molecule has 4 rings (SSSR count). The van der Waals surface area contributed by atoms with Gasteiger partial charge in [-0.05, 0) is 60.4 Å². The van der Waals surface area contributed by atoms with Crippen LogP contribution in [0.15, 0.2) is 72.8 Å². The lowest BCUT2D eigenvalue weighted by molar-refractivity contribution is 0.675. The lowest BCUT2D eigenvalue weighted by atomic mass is 10.0. The van der Waals surface area contributed by atoms with E-state index in [0.29, 0.717) is 12.1 Å². The first kappa shape index (κ1) is 22.5. The van der Waals surface area contributed by atoms with Crippen LogP contribution in [-0.4, -0.2) is 8.07 Å². The molecule has 1 aliphatic rings. The van der Waals surface area contributed by atoms with E-state index in [1.54, 1.807) is 5.19 Å². The largest absolute Gasteiger partial charge is 0.399 e. The van der Waals surface area contributed by atoms with Gasteiger partial charge >= 0.3 is 0 Å². The van der Waals surface area contributed by atoms with E-state index in [1.807, 2.05) is 24.3 Å². The van der Waals surface area contributed by atoms with Crippen molar-refractivity contribution in [1.29, 1.82) is 0 Å². The van der Waals surface area contributed by atoms with Crippen LogP contribution >= 0.6 is 0 Å². The van der Waals surface area contributed by atoms with Crippen molar-refractivity contribution in [2.24, 2.45) is 0 Å². The molecule has 0 unspecified atom stereocenters. The molecule has 0 spiro atoms. The van der Waals surface area contributed by atoms with Gasteiger partial charge in [-0.3, -0.25) is 0 Å². The molecule has 3 aromatic rings. The summed E-state index contributed by atoms with van der Waals surface area (Å²) >= 11 is 0. The fourth-order valence-electron chi connectivity index (χ4n) is 5.61. The quantitative estimate of drug-likeness (QED) is 0.317. The van der Waals surface area contributed by atoms with E-state index in [9.17, 15) is 0 Å². The summed E-state index contributed by atoms with van der Waals surface area (Å²) in [6.45, 7) is 7.13. The van der Waals surface area contributed by atoms with Crippen molar-refractivity contribution in [1.82, 2.24) is 0 Å². The Kier molecular flexibility index (Phi) is 6.61. The Balaban J connectivity index is 1.74. The molecular formula is C28H37N3Si. The average molecular weight is 444 g/mol. The first-order valence-corrected chi connectivity index (χ1v) is 14.7. The smallest absolute Gasteiger partial charge is 0.0859 e. The SMILES string of the molecule is CC[Si](CC)(CC)c1ccc(N2[C@H](c3ccc(N)cc3)CC[C@H]2c2ccc(N)cc2)cc1. The normalized spacial score (nSPS) is 18.8. The molecular weight excluding hydrogens is 406 g/mol. The molecule has 1 saturated heterocycles. The number of nitrogens with two attached hydrogens (primary N) is 2. The highest BCUT2D eigenvalue weighted by Gasteiger charge is 2.36.